The molecule has 3 rings (SSSR count). The molecule has 0 radical (unpaired) electrons. The Kier molecular flexibility index (Phi) is 6.98. The number of carbonyl (C=O) groups excluding carboxylic acids is 2. The predicted molar refractivity (Wildman–Crippen MR) is 106 cm³/mol. The fraction of sp³-hybridized carbons (Fsp3) is 0.400. The Morgan fingerprint density at radius 1 is 1.19 bits per heavy atom. The molecule has 6 nitrogen and oxygen atoms in total. The zero-order valence-corrected chi connectivity index (χ0v) is 16.3. The topological polar surface area (TPSA) is 70.7 Å². The Balaban J connectivity index is 1.63. The lowest BCUT2D eigenvalue weighted by atomic mass is 9.97. The van der Waals surface area contributed by atoms with Gasteiger partial charge in [0.25, 0.3) is 0 Å². The van der Waals surface area contributed by atoms with Gasteiger partial charge in [0.2, 0.25) is 0 Å². The van der Waals surface area contributed by atoms with E-state index in [4.69, 9.17) is 4.74 Å². The largest absolute Gasteiger partial charge is 0.383 e. The van der Waals surface area contributed by atoms with Crippen LogP contribution in [0, 0.1) is 0 Å². The lowest BCUT2D eigenvalue weighted by Crippen LogP contribution is -2.45. The molecule has 0 aliphatic carbocycles. The average molecular weight is 388 g/mol. The lowest BCUT2D eigenvalue weighted by molar-refractivity contribution is -0.139. The number of benzene rings is 1. The number of nitrogens with one attached hydrogen (secondary N) is 2. The molecule has 0 saturated heterocycles. The van der Waals surface area contributed by atoms with E-state index >= 15 is 0 Å². The fourth-order valence-electron chi connectivity index (χ4n) is 3.32. The number of rotatable bonds is 7. The summed E-state index contributed by atoms with van der Waals surface area (Å²) in [7, 11) is 1.55. The van der Waals surface area contributed by atoms with Crippen molar-refractivity contribution in [2.75, 3.05) is 33.4 Å². The van der Waals surface area contributed by atoms with Gasteiger partial charge >= 0.3 is 11.8 Å². The second kappa shape index (κ2) is 9.64. The minimum Gasteiger partial charge on any atom is -0.383 e. The number of amides is 2. The highest BCUT2D eigenvalue weighted by atomic mass is 32.1. The van der Waals surface area contributed by atoms with Gasteiger partial charge in [-0.2, -0.15) is 11.3 Å². The maximum Gasteiger partial charge on any atom is 0.309 e. The van der Waals surface area contributed by atoms with Crippen LogP contribution in [0.25, 0.3) is 0 Å². The summed E-state index contributed by atoms with van der Waals surface area (Å²) in [4.78, 5) is 26.3. The number of hydrogen-bond donors (Lipinski definition) is 2. The minimum atomic E-state index is -0.625. The van der Waals surface area contributed by atoms with Crippen molar-refractivity contribution in [3.8, 4) is 0 Å². The van der Waals surface area contributed by atoms with Crippen LogP contribution in [0.5, 0.6) is 0 Å². The van der Waals surface area contributed by atoms with Crippen LogP contribution in [0.1, 0.15) is 22.7 Å². The van der Waals surface area contributed by atoms with E-state index in [-0.39, 0.29) is 6.04 Å². The van der Waals surface area contributed by atoms with Crippen molar-refractivity contribution in [1.82, 2.24) is 15.5 Å². The molecule has 27 heavy (non-hydrogen) atoms. The Morgan fingerprint density at radius 3 is 2.70 bits per heavy atom. The second-order valence-electron chi connectivity index (χ2n) is 6.52. The third-order valence-electron chi connectivity index (χ3n) is 4.78. The molecule has 2 heterocycles. The van der Waals surface area contributed by atoms with E-state index in [2.05, 4.69) is 51.2 Å². The van der Waals surface area contributed by atoms with E-state index < -0.39 is 11.8 Å². The normalized spacial score (nSPS) is 15.0. The molecule has 0 bridgehead atoms. The number of methoxy groups -OCH3 is 1. The van der Waals surface area contributed by atoms with Crippen LogP contribution in [-0.2, 0) is 27.3 Å². The van der Waals surface area contributed by atoms with E-state index in [1.54, 1.807) is 18.4 Å². The highest BCUT2D eigenvalue weighted by Gasteiger charge is 2.26. The van der Waals surface area contributed by atoms with Crippen molar-refractivity contribution in [3.05, 3.63) is 57.8 Å². The summed E-state index contributed by atoms with van der Waals surface area (Å²) in [5.74, 6) is -1.23. The first-order valence-corrected chi connectivity index (χ1v) is 10.0. The van der Waals surface area contributed by atoms with Crippen molar-refractivity contribution >= 4 is 23.2 Å². The number of carbonyl (C=O) groups is 2. The third kappa shape index (κ3) is 5.15. The first-order chi connectivity index (χ1) is 13.2. The van der Waals surface area contributed by atoms with Crippen molar-refractivity contribution in [2.45, 2.75) is 19.0 Å². The first-order valence-electron chi connectivity index (χ1n) is 9.07. The molecule has 0 fully saturated rings. The van der Waals surface area contributed by atoms with Crippen molar-refractivity contribution < 1.29 is 14.3 Å². The number of ether oxygens (including phenoxy) is 1. The standard InChI is InChI=1S/C20H25N3O3S/c1-26-10-8-21-19(24)20(25)22-12-18(17-7-11-27-14-17)23-9-6-15-4-2-3-5-16(15)13-23/h2-5,7,11,14,18H,6,8-10,12-13H2,1H3,(H,21,24)(H,22,25)/t18-/m1/s1. The molecule has 0 saturated carbocycles. The zero-order valence-electron chi connectivity index (χ0n) is 15.4. The Bertz CT molecular complexity index is 764. The quantitative estimate of drug-likeness (QED) is 0.561. The number of hydrogen-bond acceptors (Lipinski definition) is 5. The summed E-state index contributed by atoms with van der Waals surface area (Å²) in [6, 6.07) is 10.6. The van der Waals surface area contributed by atoms with Gasteiger partial charge in [-0.25, -0.2) is 0 Å². The van der Waals surface area contributed by atoms with Crippen LogP contribution in [0.2, 0.25) is 0 Å². The fourth-order valence-corrected chi connectivity index (χ4v) is 4.03. The van der Waals surface area contributed by atoms with Crippen LogP contribution in [0.4, 0.5) is 0 Å². The molecular formula is C20H25N3O3S. The average Bonchev–Trinajstić information content (AvgIpc) is 3.22. The maximum atomic E-state index is 12.1. The number of fused-ring (bicyclic) bond motifs is 1. The molecule has 1 aromatic carbocycles. The zero-order chi connectivity index (χ0) is 19.1. The van der Waals surface area contributed by atoms with Gasteiger partial charge < -0.3 is 15.4 Å². The van der Waals surface area contributed by atoms with Gasteiger partial charge in [-0.05, 0) is 39.9 Å². The van der Waals surface area contributed by atoms with Gasteiger partial charge in [0.05, 0.1) is 12.6 Å². The Labute approximate surface area is 163 Å². The maximum absolute atomic E-state index is 12.1. The van der Waals surface area contributed by atoms with Crippen LogP contribution < -0.4 is 10.6 Å². The molecule has 1 atom stereocenters. The third-order valence-corrected chi connectivity index (χ3v) is 5.48. The SMILES string of the molecule is COCCNC(=O)C(=O)NC[C@H](c1ccsc1)N1CCc2ccccc2C1. The molecule has 2 amide bonds. The summed E-state index contributed by atoms with van der Waals surface area (Å²) in [6.07, 6.45) is 0.988. The van der Waals surface area contributed by atoms with Gasteiger partial charge in [0.15, 0.2) is 0 Å². The van der Waals surface area contributed by atoms with E-state index in [1.807, 2.05) is 5.38 Å². The molecule has 0 spiro atoms. The molecule has 2 N–H and O–H groups in total. The number of nitrogens with zero attached hydrogens (tertiary/aromatic N) is 1. The summed E-state index contributed by atoms with van der Waals surface area (Å²) in [5, 5.41) is 9.49. The van der Waals surface area contributed by atoms with Gasteiger partial charge in [0, 0.05) is 33.3 Å². The van der Waals surface area contributed by atoms with Crippen molar-refractivity contribution in [2.24, 2.45) is 0 Å². The summed E-state index contributed by atoms with van der Waals surface area (Å²) < 4.78 is 4.88. The van der Waals surface area contributed by atoms with Crippen molar-refractivity contribution in [1.29, 1.82) is 0 Å². The minimum absolute atomic E-state index is 0.0420. The Hall–Kier alpha value is -2.22. The van der Waals surface area contributed by atoms with Gasteiger partial charge in [-0.3, -0.25) is 14.5 Å². The van der Waals surface area contributed by atoms with E-state index in [1.165, 1.54) is 16.7 Å². The Morgan fingerprint density at radius 2 is 1.96 bits per heavy atom. The molecule has 1 aromatic heterocycles. The van der Waals surface area contributed by atoms with E-state index in [9.17, 15) is 9.59 Å². The van der Waals surface area contributed by atoms with Crippen LogP contribution in [0.3, 0.4) is 0 Å². The second-order valence-corrected chi connectivity index (χ2v) is 7.30. The summed E-state index contributed by atoms with van der Waals surface area (Å²) in [5.41, 5.74) is 3.88. The summed E-state index contributed by atoms with van der Waals surface area (Å²) in [6.45, 7) is 2.86. The van der Waals surface area contributed by atoms with E-state index in [0.717, 1.165) is 19.5 Å². The van der Waals surface area contributed by atoms with Crippen molar-refractivity contribution in [3.63, 3.8) is 0 Å². The van der Waals surface area contributed by atoms with Crippen LogP contribution >= 0.6 is 11.3 Å². The lowest BCUT2D eigenvalue weighted by Gasteiger charge is -2.35. The smallest absolute Gasteiger partial charge is 0.309 e. The van der Waals surface area contributed by atoms with Gasteiger partial charge in [-0.15, -0.1) is 0 Å². The van der Waals surface area contributed by atoms with Crippen LogP contribution in [0.15, 0.2) is 41.1 Å². The monoisotopic (exact) mass is 387 g/mol. The summed E-state index contributed by atoms with van der Waals surface area (Å²) >= 11 is 1.64. The molecule has 2 aromatic rings. The molecular weight excluding hydrogens is 362 g/mol. The molecule has 144 valence electrons. The van der Waals surface area contributed by atoms with E-state index in [0.29, 0.717) is 19.7 Å². The first kappa shape index (κ1) is 19.5. The molecule has 0 unspecified atom stereocenters. The van der Waals surface area contributed by atoms with Gasteiger partial charge in [0.1, 0.15) is 0 Å². The molecule has 7 heteroatoms. The highest BCUT2D eigenvalue weighted by molar-refractivity contribution is 7.08. The predicted octanol–water partition coefficient (Wildman–Crippen LogP) is 1.73. The molecule has 1 aliphatic rings. The van der Waals surface area contributed by atoms with Crippen LogP contribution in [-0.4, -0.2) is 50.1 Å². The van der Waals surface area contributed by atoms with Gasteiger partial charge in [-0.1, -0.05) is 24.3 Å². The number of thiophene rings is 1. The molecule has 1 aliphatic heterocycles. The highest BCUT2D eigenvalue weighted by Crippen LogP contribution is 2.28.